The summed E-state index contributed by atoms with van der Waals surface area (Å²) < 4.78 is 1.62. The van der Waals surface area contributed by atoms with Gasteiger partial charge in [0, 0.05) is 30.7 Å². The van der Waals surface area contributed by atoms with Crippen molar-refractivity contribution in [2.75, 3.05) is 11.9 Å². The summed E-state index contributed by atoms with van der Waals surface area (Å²) in [5, 5.41) is 14.2. The smallest absolute Gasteiger partial charge is 0.252 e. The minimum Gasteiger partial charge on any atom is -0.388 e. The average Bonchev–Trinajstić information content (AvgIpc) is 2.41. The van der Waals surface area contributed by atoms with E-state index in [4.69, 9.17) is 0 Å². The Kier molecular flexibility index (Phi) is 3.62. The van der Waals surface area contributed by atoms with Gasteiger partial charge in [-0.2, -0.15) is 0 Å². The van der Waals surface area contributed by atoms with Gasteiger partial charge in [-0.05, 0) is 19.4 Å². The molecule has 0 aliphatic rings. The van der Waals surface area contributed by atoms with Crippen molar-refractivity contribution < 1.29 is 5.11 Å². The van der Waals surface area contributed by atoms with E-state index in [1.807, 2.05) is 31.2 Å². The Hall–Kier alpha value is -1.81. The van der Waals surface area contributed by atoms with Crippen LogP contribution in [0.5, 0.6) is 0 Å². The Morgan fingerprint density at radius 2 is 2.05 bits per heavy atom. The first-order valence-corrected chi connectivity index (χ1v) is 6.49. The lowest BCUT2D eigenvalue weighted by Gasteiger charge is -2.23. The quantitative estimate of drug-likeness (QED) is 0.885. The maximum Gasteiger partial charge on any atom is 0.252 e. The maximum absolute atomic E-state index is 11.9. The molecular weight excluding hydrogens is 240 g/mol. The monoisotopic (exact) mass is 260 g/mol. The van der Waals surface area contributed by atoms with Crippen molar-refractivity contribution in [2.24, 2.45) is 7.05 Å². The lowest BCUT2D eigenvalue weighted by molar-refractivity contribution is 0.0698. The highest BCUT2D eigenvalue weighted by atomic mass is 16.3. The molecule has 0 saturated carbocycles. The number of aryl methyl sites for hydroxylation is 1. The Balaban J connectivity index is 2.44. The van der Waals surface area contributed by atoms with E-state index in [-0.39, 0.29) is 5.56 Å². The van der Waals surface area contributed by atoms with Gasteiger partial charge in [0.25, 0.3) is 5.56 Å². The van der Waals surface area contributed by atoms with Crippen LogP contribution in [0.4, 0.5) is 5.69 Å². The summed E-state index contributed by atoms with van der Waals surface area (Å²) in [6, 6.07) is 9.31. The largest absolute Gasteiger partial charge is 0.388 e. The van der Waals surface area contributed by atoms with E-state index >= 15 is 0 Å². The average molecular weight is 260 g/mol. The summed E-state index contributed by atoms with van der Waals surface area (Å²) in [5.41, 5.74) is 0.820. The third kappa shape index (κ3) is 2.79. The van der Waals surface area contributed by atoms with Crippen LogP contribution in [0.2, 0.25) is 0 Å². The van der Waals surface area contributed by atoms with E-state index in [0.29, 0.717) is 13.0 Å². The zero-order valence-corrected chi connectivity index (χ0v) is 11.6. The molecule has 4 heteroatoms. The van der Waals surface area contributed by atoms with Gasteiger partial charge in [-0.1, -0.05) is 25.1 Å². The molecule has 1 aromatic carbocycles. The Morgan fingerprint density at radius 3 is 2.74 bits per heavy atom. The lowest BCUT2D eigenvalue weighted by atomic mass is 10.0. The van der Waals surface area contributed by atoms with Crippen molar-refractivity contribution in [1.82, 2.24) is 4.57 Å². The van der Waals surface area contributed by atoms with E-state index in [0.717, 1.165) is 16.6 Å². The molecule has 102 valence electrons. The molecule has 19 heavy (non-hydrogen) atoms. The molecule has 1 aromatic heterocycles. The first-order valence-electron chi connectivity index (χ1n) is 6.49. The van der Waals surface area contributed by atoms with Gasteiger partial charge < -0.3 is 15.0 Å². The van der Waals surface area contributed by atoms with Crippen molar-refractivity contribution in [3.8, 4) is 0 Å². The number of benzene rings is 1. The minimum absolute atomic E-state index is 0.0580. The molecule has 2 aromatic rings. The third-order valence-electron chi connectivity index (χ3n) is 3.58. The number of aliphatic hydroxyl groups is 1. The second-order valence-corrected chi connectivity index (χ2v) is 5.18. The fourth-order valence-electron chi connectivity index (χ4n) is 1.97. The molecule has 2 rings (SSSR count). The Bertz CT molecular complexity index is 644. The second kappa shape index (κ2) is 5.05. The summed E-state index contributed by atoms with van der Waals surface area (Å²) in [6.07, 6.45) is 0.656. The summed E-state index contributed by atoms with van der Waals surface area (Å²) in [6.45, 7) is 4.13. The molecule has 0 spiro atoms. The van der Waals surface area contributed by atoms with E-state index in [2.05, 4.69) is 5.32 Å². The van der Waals surface area contributed by atoms with E-state index in [1.165, 1.54) is 0 Å². The highest BCUT2D eigenvalue weighted by molar-refractivity contribution is 5.91. The number of nitrogens with zero attached hydrogens (tertiary/aromatic N) is 1. The van der Waals surface area contributed by atoms with Crippen LogP contribution in [0.3, 0.4) is 0 Å². The fraction of sp³-hybridized carbons (Fsp3) is 0.400. The van der Waals surface area contributed by atoms with Crippen LogP contribution >= 0.6 is 0 Å². The van der Waals surface area contributed by atoms with Gasteiger partial charge in [-0.25, -0.2) is 0 Å². The zero-order chi connectivity index (χ0) is 14.0. The van der Waals surface area contributed by atoms with Gasteiger partial charge in [0.05, 0.1) is 11.1 Å². The predicted octanol–water partition coefficient (Wildman–Crippen LogP) is 2.11. The van der Waals surface area contributed by atoms with Crippen LogP contribution in [-0.2, 0) is 7.05 Å². The third-order valence-corrected chi connectivity index (χ3v) is 3.58. The van der Waals surface area contributed by atoms with Crippen molar-refractivity contribution in [2.45, 2.75) is 25.9 Å². The fourth-order valence-corrected chi connectivity index (χ4v) is 1.97. The number of hydrogen-bond acceptors (Lipinski definition) is 3. The Morgan fingerprint density at radius 1 is 1.37 bits per heavy atom. The van der Waals surface area contributed by atoms with Gasteiger partial charge in [0.1, 0.15) is 0 Å². The second-order valence-electron chi connectivity index (χ2n) is 5.18. The SMILES string of the molecule is CCC(C)(O)CNc1cc(=O)n(C)c2ccccc12. The number of anilines is 1. The normalized spacial score (nSPS) is 14.3. The first kappa shape index (κ1) is 13.6. The molecule has 0 aliphatic carbocycles. The molecular formula is C15H20N2O2. The molecule has 1 unspecified atom stereocenters. The van der Waals surface area contributed by atoms with Gasteiger partial charge in [-0.3, -0.25) is 4.79 Å². The van der Waals surface area contributed by atoms with Crippen LogP contribution in [0.15, 0.2) is 35.1 Å². The number of para-hydroxylation sites is 1. The van der Waals surface area contributed by atoms with Crippen molar-refractivity contribution in [3.63, 3.8) is 0 Å². The summed E-state index contributed by atoms with van der Waals surface area (Å²) in [7, 11) is 1.76. The number of hydrogen-bond donors (Lipinski definition) is 2. The summed E-state index contributed by atoms with van der Waals surface area (Å²) in [4.78, 5) is 11.9. The standard InChI is InChI=1S/C15H20N2O2/c1-4-15(2,19)10-16-12-9-14(18)17(3)13-8-6-5-7-11(12)13/h5-9,16,19H,4,10H2,1-3H3. The van der Waals surface area contributed by atoms with Gasteiger partial charge in [-0.15, -0.1) is 0 Å². The van der Waals surface area contributed by atoms with Gasteiger partial charge in [0.2, 0.25) is 0 Å². The summed E-state index contributed by atoms with van der Waals surface area (Å²) >= 11 is 0. The number of fused-ring (bicyclic) bond motifs is 1. The van der Waals surface area contributed by atoms with Crippen molar-refractivity contribution in [1.29, 1.82) is 0 Å². The molecule has 0 fully saturated rings. The molecule has 1 atom stereocenters. The number of aromatic nitrogens is 1. The highest BCUT2D eigenvalue weighted by Gasteiger charge is 2.17. The molecule has 0 bridgehead atoms. The van der Waals surface area contributed by atoms with Crippen LogP contribution in [0.25, 0.3) is 10.9 Å². The summed E-state index contributed by atoms with van der Waals surface area (Å²) in [5.74, 6) is 0. The van der Waals surface area contributed by atoms with Crippen LogP contribution in [0.1, 0.15) is 20.3 Å². The molecule has 0 amide bonds. The van der Waals surface area contributed by atoms with Crippen LogP contribution in [-0.4, -0.2) is 21.8 Å². The lowest BCUT2D eigenvalue weighted by Crippen LogP contribution is -2.33. The van der Waals surface area contributed by atoms with Crippen LogP contribution < -0.4 is 10.9 Å². The van der Waals surface area contributed by atoms with E-state index < -0.39 is 5.60 Å². The van der Waals surface area contributed by atoms with E-state index in [1.54, 1.807) is 24.6 Å². The molecule has 2 N–H and O–H groups in total. The first-order chi connectivity index (χ1) is 8.94. The predicted molar refractivity (Wildman–Crippen MR) is 78.6 cm³/mol. The zero-order valence-electron chi connectivity index (χ0n) is 11.6. The number of nitrogens with one attached hydrogen (secondary N) is 1. The van der Waals surface area contributed by atoms with Gasteiger partial charge >= 0.3 is 0 Å². The minimum atomic E-state index is -0.776. The topological polar surface area (TPSA) is 54.3 Å². The molecule has 0 aliphatic heterocycles. The van der Waals surface area contributed by atoms with E-state index in [9.17, 15) is 9.90 Å². The maximum atomic E-state index is 11.9. The van der Waals surface area contributed by atoms with Gasteiger partial charge in [0.15, 0.2) is 0 Å². The van der Waals surface area contributed by atoms with Crippen molar-refractivity contribution >= 4 is 16.6 Å². The molecule has 0 radical (unpaired) electrons. The molecule has 1 heterocycles. The molecule has 0 saturated heterocycles. The number of pyridine rings is 1. The van der Waals surface area contributed by atoms with Crippen molar-refractivity contribution in [3.05, 3.63) is 40.7 Å². The number of rotatable bonds is 4. The Labute approximate surface area is 112 Å². The van der Waals surface area contributed by atoms with Crippen LogP contribution in [0, 0.1) is 0 Å². The molecule has 4 nitrogen and oxygen atoms in total. The highest BCUT2D eigenvalue weighted by Crippen LogP contribution is 2.21.